The van der Waals surface area contributed by atoms with Crippen LogP contribution in [0.3, 0.4) is 0 Å². The Labute approximate surface area is 208 Å². The lowest BCUT2D eigenvalue weighted by Crippen LogP contribution is -2.40. The van der Waals surface area contributed by atoms with Crippen LogP contribution in [0.1, 0.15) is 17.4 Å². The molecule has 2 unspecified atom stereocenters. The van der Waals surface area contributed by atoms with Crippen LogP contribution in [0.4, 0.5) is 35.7 Å². The van der Waals surface area contributed by atoms with Gasteiger partial charge in [0.05, 0.1) is 25.5 Å². The number of carbonyl (C=O) groups excluding carboxylic acids is 1. The van der Waals surface area contributed by atoms with Crippen molar-refractivity contribution in [1.82, 2.24) is 19.9 Å². The fraction of sp³-hybridized carbons (Fsp3) is 0.348. The summed E-state index contributed by atoms with van der Waals surface area (Å²) in [5, 5.41) is 10.2. The van der Waals surface area contributed by atoms with Gasteiger partial charge < -0.3 is 25.2 Å². The number of halogens is 3. The molecule has 4 heterocycles. The molecule has 0 radical (unpaired) electrons. The Morgan fingerprint density at radius 3 is 2.51 bits per heavy atom. The van der Waals surface area contributed by atoms with E-state index in [-0.39, 0.29) is 17.5 Å². The number of carbonyl (C=O) groups is 1. The van der Waals surface area contributed by atoms with E-state index in [0.29, 0.717) is 31.9 Å². The second kappa shape index (κ2) is 9.78. The van der Waals surface area contributed by atoms with Gasteiger partial charge in [-0.2, -0.15) is 18.2 Å². The maximum Gasteiger partial charge on any atom is 0.434 e. The van der Waals surface area contributed by atoms with E-state index in [9.17, 15) is 23.1 Å². The van der Waals surface area contributed by atoms with Crippen LogP contribution in [0, 0.1) is 0 Å². The average Bonchev–Trinajstić information content (AvgIpc) is 3.25. The predicted molar refractivity (Wildman–Crippen MR) is 125 cm³/mol. The summed E-state index contributed by atoms with van der Waals surface area (Å²) in [5.41, 5.74) is 4.19. The minimum absolute atomic E-state index is 0.0427. The Morgan fingerprint density at radius 1 is 1.11 bits per heavy atom. The predicted octanol–water partition coefficient (Wildman–Crippen LogP) is 2.43. The zero-order chi connectivity index (χ0) is 26.2. The van der Waals surface area contributed by atoms with Crippen LogP contribution >= 0.6 is 0 Å². The molecule has 2 atom stereocenters. The van der Waals surface area contributed by atoms with Gasteiger partial charge in [-0.15, -0.1) is 0 Å². The van der Waals surface area contributed by atoms with Crippen LogP contribution in [0.15, 0.2) is 42.6 Å². The van der Waals surface area contributed by atoms with Crippen LogP contribution in [0.25, 0.3) is 11.3 Å². The molecular formula is C23H22F3N7O4. The molecule has 2 aliphatic heterocycles. The molecule has 1 aromatic carbocycles. The molecule has 3 aromatic rings. The number of hydrogen-bond donors (Lipinski definition) is 2. The Morgan fingerprint density at radius 2 is 1.84 bits per heavy atom. The zero-order valence-corrected chi connectivity index (χ0v) is 19.3. The van der Waals surface area contributed by atoms with Gasteiger partial charge in [0.1, 0.15) is 11.9 Å². The molecule has 194 valence electrons. The summed E-state index contributed by atoms with van der Waals surface area (Å²) in [6.45, 7) is 1.00. The van der Waals surface area contributed by atoms with Gasteiger partial charge in [-0.05, 0) is 5.56 Å². The summed E-state index contributed by atoms with van der Waals surface area (Å²) in [4.78, 5) is 31.8. The number of benzene rings is 1. The molecule has 14 heteroatoms. The number of anilines is 3. The van der Waals surface area contributed by atoms with Crippen molar-refractivity contribution in [1.29, 1.82) is 0 Å². The van der Waals surface area contributed by atoms with Gasteiger partial charge in [0.25, 0.3) is 0 Å². The SMILES string of the molecule is Nc1ncc(-c2cc(N3C(=O)OC(c4ccccc4)C3CO)nc(N3CCOCC3)n2)c(C(F)(F)F)n1. The van der Waals surface area contributed by atoms with Crippen molar-refractivity contribution in [3.63, 3.8) is 0 Å². The van der Waals surface area contributed by atoms with E-state index < -0.39 is 48.2 Å². The van der Waals surface area contributed by atoms with Crippen molar-refractivity contribution in [3.8, 4) is 11.3 Å². The molecule has 5 rings (SSSR count). The molecule has 3 N–H and O–H groups in total. The quantitative estimate of drug-likeness (QED) is 0.519. The number of aliphatic hydroxyl groups excluding tert-OH is 1. The number of nitrogens with zero attached hydrogens (tertiary/aromatic N) is 6. The third-order valence-electron chi connectivity index (χ3n) is 6.01. The molecule has 0 bridgehead atoms. The Kier molecular flexibility index (Phi) is 6.52. The molecule has 2 aromatic heterocycles. The lowest BCUT2D eigenvalue weighted by molar-refractivity contribution is -0.140. The van der Waals surface area contributed by atoms with Crippen LogP contribution in [0.2, 0.25) is 0 Å². The van der Waals surface area contributed by atoms with Gasteiger partial charge in [-0.3, -0.25) is 4.90 Å². The van der Waals surface area contributed by atoms with E-state index in [1.807, 2.05) is 0 Å². The van der Waals surface area contributed by atoms with E-state index in [0.717, 1.165) is 11.1 Å². The highest BCUT2D eigenvalue weighted by molar-refractivity contribution is 5.90. The third-order valence-corrected chi connectivity index (χ3v) is 6.01. The second-order valence-electron chi connectivity index (χ2n) is 8.33. The van der Waals surface area contributed by atoms with Crippen molar-refractivity contribution in [2.45, 2.75) is 18.3 Å². The summed E-state index contributed by atoms with van der Waals surface area (Å²) in [6.07, 6.45) is -5.56. The first-order chi connectivity index (χ1) is 17.8. The number of aliphatic hydroxyl groups is 1. The molecule has 11 nitrogen and oxygen atoms in total. The van der Waals surface area contributed by atoms with Crippen LogP contribution in [-0.2, 0) is 15.7 Å². The average molecular weight is 517 g/mol. The first-order valence-electron chi connectivity index (χ1n) is 11.3. The number of amides is 1. The summed E-state index contributed by atoms with van der Waals surface area (Å²) < 4.78 is 52.5. The van der Waals surface area contributed by atoms with E-state index in [1.165, 1.54) is 6.07 Å². The summed E-state index contributed by atoms with van der Waals surface area (Å²) >= 11 is 0. The number of alkyl halides is 3. The van der Waals surface area contributed by atoms with Crippen molar-refractivity contribution in [2.24, 2.45) is 0 Å². The minimum atomic E-state index is -4.85. The summed E-state index contributed by atoms with van der Waals surface area (Å²) in [6, 6.07) is 9.14. The standard InChI is InChI=1S/C23H22F3N7O4/c24-23(25,26)19-14(11-28-20(27)31-19)15-10-17(30-21(29-15)32-6-8-36-9-7-32)33-16(12-34)18(37-22(33)35)13-4-2-1-3-5-13/h1-5,10-11,16,18,34H,6-9,12H2,(H2,27,28,31). The Balaban J connectivity index is 1.64. The first kappa shape index (κ1) is 24.6. The van der Waals surface area contributed by atoms with Crippen LogP contribution < -0.4 is 15.5 Å². The molecule has 0 spiro atoms. The summed E-state index contributed by atoms with van der Waals surface area (Å²) in [5.74, 6) is -0.514. The van der Waals surface area contributed by atoms with Crippen LogP contribution in [0.5, 0.6) is 0 Å². The highest BCUT2D eigenvalue weighted by atomic mass is 19.4. The summed E-state index contributed by atoms with van der Waals surface area (Å²) in [7, 11) is 0. The second-order valence-corrected chi connectivity index (χ2v) is 8.33. The van der Waals surface area contributed by atoms with E-state index in [2.05, 4.69) is 19.9 Å². The van der Waals surface area contributed by atoms with Gasteiger partial charge in [0.15, 0.2) is 11.8 Å². The van der Waals surface area contributed by atoms with Gasteiger partial charge in [-0.25, -0.2) is 19.7 Å². The van der Waals surface area contributed by atoms with Crippen molar-refractivity contribution in [2.75, 3.05) is 48.4 Å². The van der Waals surface area contributed by atoms with Crippen molar-refractivity contribution in [3.05, 3.63) is 53.9 Å². The fourth-order valence-corrected chi connectivity index (χ4v) is 4.28. The largest absolute Gasteiger partial charge is 0.439 e. The molecular weight excluding hydrogens is 495 g/mol. The van der Waals surface area contributed by atoms with Crippen molar-refractivity contribution >= 4 is 23.8 Å². The van der Waals surface area contributed by atoms with E-state index >= 15 is 0 Å². The lowest BCUT2D eigenvalue weighted by Gasteiger charge is -2.29. The van der Waals surface area contributed by atoms with E-state index in [4.69, 9.17) is 15.2 Å². The number of rotatable bonds is 5. The van der Waals surface area contributed by atoms with Gasteiger partial charge >= 0.3 is 12.3 Å². The number of nitrogens with two attached hydrogens (primary N) is 1. The number of morpholine rings is 1. The monoisotopic (exact) mass is 517 g/mol. The highest BCUT2D eigenvalue weighted by Crippen LogP contribution is 2.39. The number of ether oxygens (including phenoxy) is 2. The van der Waals surface area contributed by atoms with Crippen LogP contribution in [-0.4, -0.2) is 70.1 Å². The fourth-order valence-electron chi connectivity index (χ4n) is 4.28. The normalized spacial score (nSPS) is 20.3. The molecule has 2 saturated heterocycles. The number of hydrogen-bond acceptors (Lipinski definition) is 10. The molecule has 37 heavy (non-hydrogen) atoms. The Bertz CT molecular complexity index is 1290. The van der Waals surface area contributed by atoms with Gasteiger partial charge in [-0.1, -0.05) is 30.3 Å². The maximum atomic E-state index is 13.9. The van der Waals surface area contributed by atoms with Crippen molar-refractivity contribution < 1.29 is 32.5 Å². The maximum absolute atomic E-state index is 13.9. The Hall–Kier alpha value is -4.04. The third kappa shape index (κ3) is 4.84. The molecule has 1 amide bonds. The van der Waals surface area contributed by atoms with Gasteiger partial charge in [0, 0.05) is 30.9 Å². The first-order valence-corrected chi connectivity index (χ1v) is 11.3. The topological polar surface area (TPSA) is 140 Å². The zero-order valence-electron chi connectivity index (χ0n) is 19.3. The molecule has 0 aliphatic carbocycles. The molecule has 2 fully saturated rings. The van der Waals surface area contributed by atoms with E-state index in [1.54, 1.807) is 35.2 Å². The lowest BCUT2D eigenvalue weighted by atomic mass is 10.0. The van der Waals surface area contributed by atoms with Gasteiger partial charge in [0.2, 0.25) is 11.9 Å². The number of nitrogen functional groups attached to an aromatic ring is 1. The highest BCUT2D eigenvalue weighted by Gasteiger charge is 2.44. The number of cyclic esters (lactones) is 1. The number of aromatic nitrogens is 4. The minimum Gasteiger partial charge on any atom is -0.439 e. The smallest absolute Gasteiger partial charge is 0.434 e. The molecule has 2 aliphatic rings. The molecule has 0 saturated carbocycles.